The number of hydroxylamine groups is 2. The van der Waals surface area contributed by atoms with Crippen LogP contribution in [0.4, 0.5) is 0 Å². The van der Waals surface area contributed by atoms with E-state index in [0.717, 1.165) is 5.06 Å². The molecular weight excluding hydrogens is 182 g/mol. The molecule has 1 saturated heterocycles. The molecule has 0 atom stereocenters. The van der Waals surface area contributed by atoms with E-state index >= 15 is 0 Å². The lowest BCUT2D eigenvalue weighted by Crippen LogP contribution is -2.37. The Hall–Kier alpha value is -0.900. The van der Waals surface area contributed by atoms with Crippen LogP contribution in [-0.2, 0) is 14.4 Å². The van der Waals surface area contributed by atoms with Crippen LogP contribution in [0.1, 0.15) is 48.5 Å². The first-order valence-electron chi connectivity index (χ1n) is 3.95. The molecule has 0 aromatic carbocycles. The number of imide groups is 1. The van der Waals surface area contributed by atoms with Gasteiger partial charge in [0.2, 0.25) is 0 Å². The number of hydrogen-bond donors (Lipinski definition) is 0. The van der Waals surface area contributed by atoms with Crippen LogP contribution in [-0.4, -0.2) is 22.5 Å². The van der Waals surface area contributed by atoms with Crippen LogP contribution in [0, 0.1) is 0 Å². The molecule has 0 radical (unpaired) electrons. The molecule has 1 fully saturated rings. The fourth-order valence-corrected chi connectivity index (χ4v) is 0.932. The molecule has 0 unspecified atom stereocenters. The third-order valence-electron chi connectivity index (χ3n) is 1.37. The lowest BCUT2D eigenvalue weighted by atomic mass is 10.2. The van der Waals surface area contributed by atoms with Gasteiger partial charge in [-0.25, -0.2) is 0 Å². The van der Waals surface area contributed by atoms with Gasteiger partial charge < -0.3 is 0 Å². The third kappa shape index (κ3) is 3.87. The van der Waals surface area contributed by atoms with E-state index in [0.29, 0.717) is 0 Å². The Morgan fingerprint density at radius 2 is 1.43 bits per heavy atom. The van der Waals surface area contributed by atoms with Crippen LogP contribution in [0.2, 0.25) is 0 Å². The summed E-state index contributed by atoms with van der Waals surface area (Å²) in [5.74, 6) is -0.482. The van der Waals surface area contributed by atoms with Crippen LogP contribution in [0.25, 0.3) is 0 Å². The van der Waals surface area contributed by atoms with Crippen molar-refractivity contribution in [2.24, 2.45) is 0 Å². The Bertz CT molecular complexity index is 202. The van der Waals surface area contributed by atoms with Crippen molar-refractivity contribution in [3.8, 4) is 0 Å². The molecule has 1 rings (SSSR count). The topological polar surface area (TPSA) is 46.6 Å². The number of rotatable bonds is 1. The summed E-state index contributed by atoms with van der Waals surface area (Å²) in [6, 6.07) is 0. The van der Waals surface area contributed by atoms with Crippen molar-refractivity contribution in [1.29, 1.82) is 0 Å². The van der Waals surface area contributed by atoms with Gasteiger partial charge in [0, 0.05) is 12.8 Å². The van der Waals surface area contributed by atoms with Crippen molar-refractivity contribution in [3.63, 3.8) is 0 Å². The molecule has 4 nitrogen and oxygen atoms in total. The van der Waals surface area contributed by atoms with Crippen LogP contribution >= 0.6 is 0 Å². The highest BCUT2D eigenvalue weighted by atomic mass is 16.7. The van der Waals surface area contributed by atoms with Gasteiger partial charge in [0.15, 0.2) is 0 Å². The van der Waals surface area contributed by atoms with Crippen molar-refractivity contribution in [1.82, 2.24) is 5.06 Å². The third-order valence-corrected chi connectivity index (χ3v) is 1.37. The summed E-state index contributed by atoms with van der Waals surface area (Å²) in [4.78, 5) is 27.2. The second-order valence-electron chi connectivity index (χ2n) is 3.79. The molecule has 0 saturated carbocycles. The number of nitrogens with zero attached hydrogens (tertiary/aromatic N) is 1. The van der Waals surface area contributed by atoms with Gasteiger partial charge in [-0.05, 0) is 20.8 Å². The summed E-state index contributed by atoms with van der Waals surface area (Å²) in [7, 11) is 0. The van der Waals surface area contributed by atoms with E-state index in [-0.39, 0.29) is 39.5 Å². The Morgan fingerprint density at radius 1 is 1.07 bits per heavy atom. The van der Waals surface area contributed by atoms with Crippen LogP contribution < -0.4 is 0 Å². The Labute approximate surface area is 86.2 Å². The molecule has 0 bridgehead atoms. The normalized spacial score (nSPS) is 16.4. The largest absolute Gasteiger partial charge is 0.272 e. The highest BCUT2D eigenvalue weighted by molar-refractivity contribution is 6.00. The van der Waals surface area contributed by atoms with Gasteiger partial charge in [0.1, 0.15) is 0 Å². The van der Waals surface area contributed by atoms with Gasteiger partial charge in [-0.3, -0.25) is 14.4 Å². The first kappa shape index (κ1) is 15.6. The molecule has 0 aliphatic carbocycles. The first-order chi connectivity index (χ1) is 5.40. The second-order valence-corrected chi connectivity index (χ2v) is 3.79. The summed E-state index contributed by atoms with van der Waals surface area (Å²) in [5, 5.41) is 0.875. The Kier molecular flexibility index (Phi) is 5.67. The van der Waals surface area contributed by atoms with Crippen LogP contribution in [0.3, 0.4) is 0 Å². The van der Waals surface area contributed by atoms with Crippen molar-refractivity contribution in [2.45, 2.75) is 54.1 Å². The average Bonchev–Trinajstić information content (AvgIpc) is 2.16. The number of amides is 2. The van der Waals surface area contributed by atoms with E-state index < -0.39 is 5.60 Å². The maximum atomic E-state index is 11.0. The van der Waals surface area contributed by atoms with E-state index in [1.165, 1.54) is 0 Å². The molecule has 84 valence electrons. The zero-order chi connectivity index (χ0) is 9.35. The zero-order valence-electron chi connectivity index (χ0n) is 7.59. The predicted octanol–water partition coefficient (Wildman–Crippen LogP) is 2.14. The Morgan fingerprint density at radius 3 is 1.71 bits per heavy atom. The highest BCUT2D eigenvalue weighted by Gasteiger charge is 2.33. The zero-order valence-corrected chi connectivity index (χ0v) is 7.59. The lowest BCUT2D eigenvalue weighted by molar-refractivity contribution is -0.218. The van der Waals surface area contributed by atoms with Gasteiger partial charge in [0.05, 0.1) is 5.60 Å². The van der Waals surface area contributed by atoms with Crippen molar-refractivity contribution in [3.05, 3.63) is 0 Å². The minimum atomic E-state index is -0.490. The van der Waals surface area contributed by atoms with Crippen molar-refractivity contribution < 1.29 is 14.4 Å². The number of carbonyl (C=O) groups is 2. The van der Waals surface area contributed by atoms with Gasteiger partial charge >= 0.3 is 0 Å². The van der Waals surface area contributed by atoms with E-state index in [9.17, 15) is 9.59 Å². The smallest absolute Gasteiger partial charge is 0.254 e. The van der Waals surface area contributed by atoms with Crippen molar-refractivity contribution in [2.75, 3.05) is 0 Å². The van der Waals surface area contributed by atoms with Gasteiger partial charge in [-0.2, -0.15) is 5.06 Å². The predicted molar refractivity (Wildman–Crippen MR) is 55.4 cm³/mol. The van der Waals surface area contributed by atoms with E-state index in [2.05, 4.69) is 0 Å². The molecule has 4 heteroatoms. The molecule has 2 amide bonds. The molecule has 0 aromatic rings. The van der Waals surface area contributed by atoms with E-state index in [1.54, 1.807) is 20.8 Å². The molecule has 0 N–H and O–H groups in total. The summed E-state index contributed by atoms with van der Waals surface area (Å²) in [6.45, 7) is 5.39. The fraction of sp³-hybridized carbons (Fsp3) is 0.800. The molecular formula is C10H21NO3. The van der Waals surface area contributed by atoms with Crippen molar-refractivity contribution >= 4 is 11.8 Å². The molecule has 1 heterocycles. The van der Waals surface area contributed by atoms with Gasteiger partial charge in [-0.1, -0.05) is 14.9 Å². The second kappa shape index (κ2) is 5.10. The van der Waals surface area contributed by atoms with Crippen LogP contribution in [0.5, 0.6) is 0 Å². The highest BCUT2D eigenvalue weighted by Crippen LogP contribution is 2.18. The van der Waals surface area contributed by atoms with Crippen LogP contribution in [0.15, 0.2) is 0 Å². The SMILES string of the molecule is C.C.CC(C)(C)ON1C(=O)CCC1=O. The maximum Gasteiger partial charge on any atom is 0.254 e. The lowest BCUT2D eigenvalue weighted by Gasteiger charge is -2.24. The summed E-state index contributed by atoms with van der Waals surface area (Å²) >= 11 is 0. The quantitative estimate of drug-likeness (QED) is 0.613. The number of hydrogen-bond acceptors (Lipinski definition) is 3. The monoisotopic (exact) mass is 203 g/mol. The summed E-state index contributed by atoms with van der Waals surface area (Å²) < 4.78 is 0. The summed E-state index contributed by atoms with van der Waals surface area (Å²) in [5.41, 5.74) is -0.490. The first-order valence-corrected chi connectivity index (χ1v) is 3.95. The molecule has 14 heavy (non-hydrogen) atoms. The fourth-order valence-electron chi connectivity index (χ4n) is 0.932. The average molecular weight is 203 g/mol. The minimum Gasteiger partial charge on any atom is -0.272 e. The van der Waals surface area contributed by atoms with E-state index in [1.807, 2.05) is 0 Å². The van der Waals surface area contributed by atoms with Gasteiger partial charge in [0.25, 0.3) is 11.8 Å². The van der Waals surface area contributed by atoms with Gasteiger partial charge in [-0.15, -0.1) is 0 Å². The number of carbonyl (C=O) groups excluding carboxylic acids is 2. The Balaban J connectivity index is 0. The minimum absolute atomic E-state index is 0. The molecule has 1 aliphatic rings. The molecule has 1 aliphatic heterocycles. The standard InChI is InChI=1S/C8H13NO3.2CH4/c1-8(2,3)12-9-6(10)4-5-7(9)11;;/h4-5H2,1-3H3;2*1H4. The van der Waals surface area contributed by atoms with E-state index in [4.69, 9.17) is 4.84 Å². The molecule has 0 aromatic heterocycles. The summed E-state index contributed by atoms with van der Waals surface area (Å²) in [6.07, 6.45) is 0.545. The molecule has 0 spiro atoms. The maximum absolute atomic E-state index is 11.0.